The summed E-state index contributed by atoms with van der Waals surface area (Å²) in [4.78, 5) is 4.33. The van der Waals surface area contributed by atoms with E-state index in [-0.39, 0.29) is 0 Å². The largest absolute Gasteiger partial charge is 0.288 e. The van der Waals surface area contributed by atoms with Gasteiger partial charge in [-0.1, -0.05) is 6.92 Å². The molecular weight excluding hydrogens is 278 g/mol. The number of halogens is 1. The number of pyridine rings is 1. The summed E-state index contributed by atoms with van der Waals surface area (Å²) in [5, 5.41) is 9.16. The summed E-state index contributed by atoms with van der Waals surface area (Å²) in [5.41, 5.74) is 2.80. The molecule has 0 spiro atoms. The molecule has 4 heteroatoms. The molecule has 0 aliphatic rings. The minimum atomic E-state index is 0.604. The number of aromatic nitrogens is 2. The molecule has 0 fully saturated rings. The van der Waals surface area contributed by atoms with Crippen molar-refractivity contribution < 1.29 is 0 Å². The van der Waals surface area contributed by atoms with E-state index in [1.165, 1.54) is 0 Å². The Labute approximate surface area is 109 Å². The SMILES string of the molecule is CCc1c(Br)cc(C#N)n1-c1cc(C)ccn1. The van der Waals surface area contributed by atoms with E-state index >= 15 is 0 Å². The van der Waals surface area contributed by atoms with Gasteiger partial charge in [0.15, 0.2) is 0 Å². The van der Waals surface area contributed by atoms with Gasteiger partial charge in [0.2, 0.25) is 0 Å². The van der Waals surface area contributed by atoms with Crippen LogP contribution in [0.2, 0.25) is 0 Å². The first-order valence-electron chi connectivity index (χ1n) is 5.40. The molecule has 0 amide bonds. The van der Waals surface area contributed by atoms with Crippen LogP contribution in [0.1, 0.15) is 23.9 Å². The number of hydrogen-bond acceptors (Lipinski definition) is 2. The molecule has 17 heavy (non-hydrogen) atoms. The molecule has 0 aromatic carbocycles. The highest BCUT2D eigenvalue weighted by molar-refractivity contribution is 9.10. The van der Waals surface area contributed by atoms with E-state index in [4.69, 9.17) is 5.26 Å². The molecule has 0 atom stereocenters. The summed E-state index contributed by atoms with van der Waals surface area (Å²) in [6.07, 6.45) is 2.61. The Hall–Kier alpha value is -1.60. The van der Waals surface area contributed by atoms with Crippen LogP contribution < -0.4 is 0 Å². The fourth-order valence-corrected chi connectivity index (χ4v) is 2.51. The van der Waals surface area contributed by atoms with Crippen molar-refractivity contribution in [3.8, 4) is 11.9 Å². The first-order chi connectivity index (χ1) is 8.17. The molecule has 0 radical (unpaired) electrons. The van der Waals surface area contributed by atoms with Crippen molar-refractivity contribution >= 4 is 15.9 Å². The minimum absolute atomic E-state index is 0.604. The highest BCUT2D eigenvalue weighted by Crippen LogP contribution is 2.25. The van der Waals surface area contributed by atoms with E-state index in [9.17, 15) is 0 Å². The molecule has 0 saturated carbocycles. The van der Waals surface area contributed by atoms with Crippen LogP contribution in [0.15, 0.2) is 28.9 Å². The topological polar surface area (TPSA) is 41.6 Å². The summed E-state index contributed by atoms with van der Waals surface area (Å²) in [7, 11) is 0. The van der Waals surface area contributed by atoms with Gasteiger partial charge in [-0.05, 0) is 53.0 Å². The fourth-order valence-electron chi connectivity index (χ4n) is 1.83. The molecule has 0 bridgehead atoms. The van der Waals surface area contributed by atoms with E-state index in [0.717, 1.165) is 28.0 Å². The summed E-state index contributed by atoms with van der Waals surface area (Å²) >= 11 is 3.49. The average molecular weight is 290 g/mol. The van der Waals surface area contributed by atoms with E-state index in [1.54, 1.807) is 6.20 Å². The number of aryl methyl sites for hydroxylation is 1. The van der Waals surface area contributed by atoms with Gasteiger partial charge in [0.1, 0.15) is 17.6 Å². The zero-order valence-electron chi connectivity index (χ0n) is 9.74. The van der Waals surface area contributed by atoms with E-state index in [2.05, 4.69) is 33.9 Å². The lowest BCUT2D eigenvalue weighted by atomic mass is 10.3. The minimum Gasteiger partial charge on any atom is -0.288 e. The molecule has 2 rings (SSSR count). The molecule has 0 N–H and O–H groups in total. The molecule has 2 aromatic rings. The van der Waals surface area contributed by atoms with Crippen molar-refractivity contribution in [2.24, 2.45) is 0 Å². The molecule has 0 unspecified atom stereocenters. The van der Waals surface area contributed by atoms with Crippen LogP contribution in [0.3, 0.4) is 0 Å². The lowest BCUT2D eigenvalue weighted by molar-refractivity contribution is 0.887. The Balaban J connectivity index is 2.70. The van der Waals surface area contributed by atoms with Crippen molar-refractivity contribution in [2.45, 2.75) is 20.3 Å². The van der Waals surface area contributed by atoms with Gasteiger partial charge < -0.3 is 0 Å². The number of hydrogen-bond donors (Lipinski definition) is 0. The molecule has 2 aromatic heterocycles. The van der Waals surface area contributed by atoms with Crippen molar-refractivity contribution in [3.63, 3.8) is 0 Å². The van der Waals surface area contributed by atoms with Crippen LogP contribution in [0, 0.1) is 18.3 Å². The Morgan fingerprint density at radius 2 is 2.24 bits per heavy atom. The Morgan fingerprint density at radius 1 is 1.47 bits per heavy atom. The number of nitrogens with zero attached hydrogens (tertiary/aromatic N) is 3. The van der Waals surface area contributed by atoms with Gasteiger partial charge in [-0.3, -0.25) is 4.57 Å². The second kappa shape index (κ2) is 4.72. The Morgan fingerprint density at radius 3 is 2.82 bits per heavy atom. The summed E-state index contributed by atoms with van der Waals surface area (Å²) < 4.78 is 2.86. The second-order valence-electron chi connectivity index (χ2n) is 3.82. The van der Waals surface area contributed by atoms with Gasteiger partial charge in [-0.15, -0.1) is 0 Å². The quantitative estimate of drug-likeness (QED) is 0.850. The van der Waals surface area contributed by atoms with Crippen LogP contribution >= 0.6 is 15.9 Å². The van der Waals surface area contributed by atoms with Crippen molar-refractivity contribution in [3.05, 3.63) is 45.8 Å². The maximum atomic E-state index is 9.16. The van der Waals surface area contributed by atoms with Gasteiger partial charge in [0.05, 0.1) is 0 Å². The van der Waals surface area contributed by atoms with Gasteiger partial charge in [0, 0.05) is 16.4 Å². The normalized spacial score (nSPS) is 10.2. The predicted octanol–water partition coefficient (Wildman–Crippen LogP) is 3.38. The van der Waals surface area contributed by atoms with Gasteiger partial charge >= 0.3 is 0 Å². The lowest BCUT2D eigenvalue weighted by Crippen LogP contribution is -2.04. The molecule has 0 aliphatic heterocycles. The van der Waals surface area contributed by atoms with Crippen LogP contribution in [0.5, 0.6) is 0 Å². The fraction of sp³-hybridized carbons (Fsp3) is 0.231. The molecular formula is C13H12BrN3. The molecule has 0 saturated heterocycles. The molecule has 0 aliphatic carbocycles. The third-order valence-electron chi connectivity index (χ3n) is 2.63. The number of rotatable bonds is 2. The molecule has 86 valence electrons. The third-order valence-corrected chi connectivity index (χ3v) is 3.32. The maximum absolute atomic E-state index is 9.16. The molecule has 2 heterocycles. The van der Waals surface area contributed by atoms with Crippen LogP contribution in [-0.2, 0) is 6.42 Å². The second-order valence-corrected chi connectivity index (χ2v) is 4.67. The van der Waals surface area contributed by atoms with E-state index in [0.29, 0.717) is 5.69 Å². The van der Waals surface area contributed by atoms with Crippen LogP contribution in [0.4, 0.5) is 0 Å². The third kappa shape index (κ3) is 2.11. The van der Waals surface area contributed by atoms with E-state index in [1.807, 2.05) is 29.7 Å². The first kappa shape index (κ1) is 11.9. The molecule has 3 nitrogen and oxygen atoms in total. The van der Waals surface area contributed by atoms with Gasteiger partial charge in [0.25, 0.3) is 0 Å². The van der Waals surface area contributed by atoms with Gasteiger partial charge in [-0.2, -0.15) is 5.26 Å². The van der Waals surface area contributed by atoms with Crippen molar-refractivity contribution in [1.82, 2.24) is 9.55 Å². The highest BCUT2D eigenvalue weighted by Gasteiger charge is 2.14. The Kier molecular flexibility index (Phi) is 3.30. The zero-order valence-corrected chi connectivity index (χ0v) is 11.3. The van der Waals surface area contributed by atoms with Crippen LogP contribution in [-0.4, -0.2) is 9.55 Å². The van der Waals surface area contributed by atoms with E-state index < -0.39 is 0 Å². The van der Waals surface area contributed by atoms with Crippen molar-refractivity contribution in [1.29, 1.82) is 5.26 Å². The first-order valence-corrected chi connectivity index (χ1v) is 6.20. The summed E-state index contributed by atoms with van der Waals surface area (Å²) in [6, 6.07) is 7.96. The smallest absolute Gasteiger partial charge is 0.138 e. The Bertz CT molecular complexity index is 593. The highest BCUT2D eigenvalue weighted by atomic mass is 79.9. The van der Waals surface area contributed by atoms with Crippen molar-refractivity contribution in [2.75, 3.05) is 0 Å². The zero-order chi connectivity index (χ0) is 12.4. The monoisotopic (exact) mass is 289 g/mol. The standard InChI is InChI=1S/C13H12BrN3/c1-3-12-11(14)7-10(8-15)17(12)13-6-9(2)4-5-16-13/h4-7H,3H2,1-2H3. The lowest BCUT2D eigenvalue weighted by Gasteiger charge is -2.09. The van der Waals surface area contributed by atoms with Gasteiger partial charge in [-0.25, -0.2) is 4.98 Å². The predicted molar refractivity (Wildman–Crippen MR) is 70.1 cm³/mol. The average Bonchev–Trinajstić information content (AvgIpc) is 2.65. The number of nitriles is 1. The van der Waals surface area contributed by atoms with Crippen LogP contribution in [0.25, 0.3) is 5.82 Å². The summed E-state index contributed by atoms with van der Waals surface area (Å²) in [6.45, 7) is 4.08. The maximum Gasteiger partial charge on any atom is 0.138 e. The summed E-state index contributed by atoms with van der Waals surface area (Å²) in [5.74, 6) is 0.795.